The van der Waals surface area contributed by atoms with Crippen molar-refractivity contribution in [3.05, 3.63) is 89.2 Å². The Balaban J connectivity index is 1.71. The average molecular weight is 587 g/mol. The zero-order chi connectivity index (χ0) is 30.6. The topological polar surface area (TPSA) is 122 Å². The first-order chi connectivity index (χ1) is 20.1. The molecule has 0 saturated carbocycles. The first kappa shape index (κ1) is 31.9. The minimum atomic E-state index is -1.13. The molecule has 0 saturated heterocycles. The minimum absolute atomic E-state index is 0.108. The standard InChI is InChI=1S/C30H32F2N2O8/c1-5-39-16-25(35)40-17-41-28-24(38-4)14-15-33-27(28)29(36)34-18(2)30(37)42-19(3)26(20-6-10-22(31)11-7-20)21-8-12-23(32)13-9-21/h6-15,18-19,26H,5,16-17H2,1-4H3,(H,34,36)/t18-,19-/m0/s1. The third-order valence-electron chi connectivity index (χ3n) is 6.08. The number of nitrogens with zero attached hydrogens (tertiary/aromatic N) is 1. The van der Waals surface area contributed by atoms with Gasteiger partial charge in [-0.2, -0.15) is 0 Å². The number of halogens is 2. The molecule has 224 valence electrons. The number of aromatic nitrogens is 1. The van der Waals surface area contributed by atoms with Crippen molar-refractivity contribution in [2.75, 3.05) is 27.1 Å². The number of ether oxygens (including phenoxy) is 5. The van der Waals surface area contributed by atoms with Crippen molar-refractivity contribution in [2.45, 2.75) is 38.8 Å². The van der Waals surface area contributed by atoms with Gasteiger partial charge in [0.25, 0.3) is 5.91 Å². The van der Waals surface area contributed by atoms with E-state index in [1.165, 1.54) is 50.6 Å². The van der Waals surface area contributed by atoms with E-state index in [4.69, 9.17) is 23.7 Å². The molecule has 0 fully saturated rings. The van der Waals surface area contributed by atoms with E-state index >= 15 is 0 Å². The lowest BCUT2D eigenvalue weighted by Gasteiger charge is -2.26. The van der Waals surface area contributed by atoms with E-state index in [0.29, 0.717) is 17.7 Å². The van der Waals surface area contributed by atoms with E-state index in [-0.39, 0.29) is 23.8 Å². The van der Waals surface area contributed by atoms with Crippen LogP contribution >= 0.6 is 0 Å². The molecule has 0 aliphatic carbocycles. The summed E-state index contributed by atoms with van der Waals surface area (Å²) >= 11 is 0. The molecule has 1 heterocycles. The van der Waals surface area contributed by atoms with Gasteiger partial charge < -0.3 is 29.0 Å². The van der Waals surface area contributed by atoms with Gasteiger partial charge >= 0.3 is 11.9 Å². The fraction of sp³-hybridized carbons (Fsp3) is 0.333. The van der Waals surface area contributed by atoms with Crippen LogP contribution in [0.15, 0.2) is 60.8 Å². The molecule has 0 spiro atoms. The zero-order valence-electron chi connectivity index (χ0n) is 23.6. The van der Waals surface area contributed by atoms with Gasteiger partial charge in [-0.1, -0.05) is 24.3 Å². The summed E-state index contributed by atoms with van der Waals surface area (Å²) in [5.41, 5.74) is 1.06. The first-order valence-corrected chi connectivity index (χ1v) is 13.1. The van der Waals surface area contributed by atoms with Crippen molar-refractivity contribution in [3.63, 3.8) is 0 Å². The maximum atomic E-state index is 13.6. The monoisotopic (exact) mass is 586 g/mol. The van der Waals surface area contributed by atoms with Crippen LogP contribution < -0.4 is 14.8 Å². The smallest absolute Gasteiger partial charge is 0.334 e. The average Bonchev–Trinajstić information content (AvgIpc) is 2.98. The van der Waals surface area contributed by atoms with E-state index in [0.717, 1.165) is 0 Å². The second kappa shape index (κ2) is 15.4. The summed E-state index contributed by atoms with van der Waals surface area (Å²) in [7, 11) is 1.35. The summed E-state index contributed by atoms with van der Waals surface area (Å²) in [6.07, 6.45) is 0.524. The Morgan fingerprint density at radius 1 is 0.929 bits per heavy atom. The SMILES string of the molecule is CCOCC(=O)OCOc1c(OC)ccnc1C(=O)N[C@@H](C)C(=O)O[C@@H](C)C(c1ccc(F)cc1)c1ccc(F)cc1. The number of benzene rings is 2. The predicted molar refractivity (Wildman–Crippen MR) is 146 cm³/mol. The van der Waals surface area contributed by atoms with Crippen LogP contribution in [0, 0.1) is 11.6 Å². The van der Waals surface area contributed by atoms with Crippen molar-refractivity contribution in [1.82, 2.24) is 10.3 Å². The van der Waals surface area contributed by atoms with Crippen molar-refractivity contribution in [3.8, 4) is 11.5 Å². The Kier molecular flexibility index (Phi) is 11.7. The number of esters is 2. The quantitative estimate of drug-likeness (QED) is 0.219. The largest absolute Gasteiger partial charge is 0.493 e. The maximum absolute atomic E-state index is 13.6. The van der Waals surface area contributed by atoms with Crippen LogP contribution in [0.2, 0.25) is 0 Å². The fourth-order valence-corrected chi connectivity index (χ4v) is 4.03. The predicted octanol–water partition coefficient (Wildman–Crippen LogP) is 4.17. The van der Waals surface area contributed by atoms with E-state index in [1.807, 2.05) is 0 Å². The summed E-state index contributed by atoms with van der Waals surface area (Å²) in [6, 6.07) is 11.7. The highest BCUT2D eigenvalue weighted by Crippen LogP contribution is 2.31. The Bertz CT molecular complexity index is 1310. The second-order valence-corrected chi connectivity index (χ2v) is 9.02. The summed E-state index contributed by atoms with van der Waals surface area (Å²) in [5, 5.41) is 2.52. The summed E-state index contributed by atoms with van der Waals surface area (Å²) in [6.45, 7) is 4.31. The van der Waals surface area contributed by atoms with Gasteiger partial charge in [0, 0.05) is 24.8 Å². The third kappa shape index (κ3) is 8.71. The van der Waals surface area contributed by atoms with Gasteiger partial charge in [0.2, 0.25) is 6.79 Å². The Labute approximate surface area is 241 Å². The number of hydrogen-bond donors (Lipinski definition) is 1. The number of pyridine rings is 1. The van der Waals surface area contributed by atoms with E-state index in [1.54, 1.807) is 38.1 Å². The Morgan fingerprint density at radius 3 is 2.07 bits per heavy atom. The van der Waals surface area contributed by atoms with Crippen molar-refractivity contribution < 1.29 is 46.8 Å². The number of carbonyl (C=O) groups is 3. The number of rotatable bonds is 14. The number of amides is 1. The molecule has 0 aliphatic heterocycles. The summed E-state index contributed by atoms with van der Waals surface area (Å²) in [4.78, 5) is 41.9. The first-order valence-electron chi connectivity index (χ1n) is 13.1. The maximum Gasteiger partial charge on any atom is 0.334 e. The molecule has 3 rings (SSSR count). The van der Waals surface area contributed by atoms with E-state index in [2.05, 4.69) is 10.3 Å². The molecule has 2 atom stereocenters. The Morgan fingerprint density at radius 2 is 1.52 bits per heavy atom. The van der Waals surface area contributed by atoms with Crippen LogP contribution in [0.4, 0.5) is 8.78 Å². The molecule has 42 heavy (non-hydrogen) atoms. The highest BCUT2D eigenvalue weighted by molar-refractivity contribution is 5.98. The fourth-order valence-electron chi connectivity index (χ4n) is 4.03. The van der Waals surface area contributed by atoms with Gasteiger partial charge in [0.1, 0.15) is 30.4 Å². The lowest BCUT2D eigenvalue weighted by molar-refractivity contribution is -0.155. The van der Waals surface area contributed by atoms with Gasteiger partial charge in [-0.25, -0.2) is 23.4 Å². The lowest BCUT2D eigenvalue weighted by atomic mass is 9.87. The molecule has 0 aliphatic rings. The molecular formula is C30H32F2N2O8. The van der Waals surface area contributed by atoms with E-state index in [9.17, 15) is 23.2 Å². The molecule has 0 unspecified atom stereocenters. The molecular weight excluding hydrogens is 554 g/mol. The molecule has 12 heteroatoms. The van der Waals surface area contributed by atoms with Crippen LogP contribution in [-0.2, 0) is 23.8 Å². The number of hydrogen-bond acceptors (Lipinski definition) is 9. The van der Waals surface area contributed by atoms with Crippen molar-refractivity contribution >= 4 is 17.8 Å². The van der Waals surface area contributed by atoms with Gasteiger partial charge in [0.05, 0.1) is 7.11 Å². The molecule has 3 aromatic rings. The molecule has 0 bridgehead atoms. The van der Waals surface area contributed by atoms with Gasteiger partial charge in [-0.3, -0.25) is 4.79 Å². The molecule has 0 radical (unpaired) electrons. The van der Waals surface area contributed by atoms with Crippen molar-refractivity contribution in [2.24, 2.45) is 0 Å². The molecule has 2 aromatic carbocycles. The van der Waals surface area contributed by atoms with Gasteiger partial charge in [-0.15, -0.1) is 0 Å². The molecule has 10 nitrogen and oxygen atoms in total. The van der Waals surface area contributed by atoms with E-state index < -0.39 is 54.3 Å². The summed E-state index contributed by atoms with van der Waals surface area (Å²) < 4.78 is 53.5. The zero-order valence-corrected chi connectivity index (χ0v) is 23.6. The van der Waals surface area contributed by atoms with Gasteiger partial charge in [0.15, 0.2) is 17.2 Å². The van der Waals surface area contributed by atoms with Crippen LogP contribution in [-0.4, -0.2) is 62.1 Å². The number of nitrogens with one attached hydrogen (secondary N) is 1. The second-order valence-electron chi connectivity index (χ2n) is 9.02. The molecule has 1 amide bonds. The van der Waals surface area contributed by atoms with Crippen LogP contribution in [0.1, 0.15) is 48.3 Å². The normalized spacial score (nSPS) is 12.3. The lowest BCUT2D eigenvalue weighted by Crippen LogP contribution is -2.41. The van der Waals surface area contributed by atoms with Gasteiger partial charge in [-0.05, 0) is 56.2 Å². The summed E-state index contributed by atoms with van der Waals surface area (Å²) in [5.74, 6) is -3.61. The molecule has 1 N–H and O–H groups in total. The van der Waals surface area contributed by atoms with Crippen LogP contribution in [0.3, 0.4) is 0 Å². The number of methoxy groups -OCH3 is 1. The van der Waals surface area contributed by atoms with Crippen LogP contribution in [0.5, 0.6) is 11.5 Å². The third-order valence-corrected chi connectivity index (χ3v) is 6.08. The number of carbonyl (C=O) groups excluding carboxylic acids is 3. The van der Waals surface area contributed by atoms with Crippen molar-refractivity contribution in [1.29, 1.82) is 0 Å². The highest BCUT2D eigenvalue weighted by atomic mass is 19.1. The highest BCUT2D eigenvalue weighted by Gasteiger charge is 2.29. The Hall–Kier alpha value is -4.58. The van der Waals surface area contributed by atoms with Crippen LogP contribution in [0.25, 0.3) is 0 Å². The minimum Gasteiger partial charge on any atom is -0.493 e. The molecule has 1 aromatic heterocycles.